The third kappa shape index (κ3) is 7.44. The van der Waals surface area contributed by atoms with Crippen molar-refractivity contribution in [3.8, 4) is 5.75 Å². The van der Waals surface area contributed by atoms with E-state index in [9.17, 15) is 24.0 Å². The van der Waals surface area contributed by atoms with Gasteiger partial charge in [-0.05, 0) is 24.3 Å². The molecule has 1 aliphatic heterocycles. The highest BCUT2D eigenvalue weighted by Crippen LogP contribution is 2.28. The number of benzene rings is 1. The first-order valence-corrected chi connectivity index (χ1v) is 10.3. The summed E-state index contributed by atoms with van der Waals surface area (Å²) < 4.78 is 31.7. The van der Waals surface area contributed by atoms with Crippen molar-refractivity contribution in [3.63, 3.8) is 0 Å². The zero-order valence-corrected chi connectivity index (χ0v) is 19.4. The van der Waals surface area contributed by atoms with Gasteiger partial charge < -0.3 is 33.7 Å². The lowest BCUT2D eigenvalue weighted by Crippen LogP contribution is -2.67. The second-order valence-electron chi connectivity index (χ2n) is 7.33. The third-order valence-corrected chi connectivity index (χ3v) is 4.63. The fourth-order valence-electron chi connectivity index (χ4n) is 3.30. The van der Waals surface area contributed by atoms with Crippen molar-refractivity contribution in [2.75, 3.05) is 13.7 Å². The van der Waals surface area contributed by atoms with Crippen LogP contribution in [0.25, 0.3) is 0 Å². The molecule has 5 unspecified atom stereocenters. The Labute approximate surface area is 195 Å². The SMILES string of the molecule is COc1ccc(C(=O)NC2C(OC(C)=O)OC(COC(C)=O)C(OC(C)=O)C2OC(C)=O)cc1. The molecule has 1 aliphatic rings. The fourth-order valence-corrected chi connectivity index (χ4v) is 3.30. The number of amides is 1. The van der Waals surface area contributed by atoms with Crippen LogP contribution >= 0.6 is 0 Å². The fraction of sp³-hybridized carbons (Fsp3) is 0.500. The molecule has 34 heavy (non-hydrogen) atoms. The number of esters is 4. The van der Waals surface area contributed by atoms with E-state index in [1.54, 1.807) is 12.1 Å². The first kappa shape index (κ1) is 26.6. The van der Waals surface area contributed by atoms with Gasteiger partial charge >= 0.3 is 23.9 Å². The topological polar surface area (TPSA) is 153 Å². The molecule has 1 heterocycles. The van der Waals surface area contributed by atoms with E-state index < -0.39 is 67.0 Å². The lowest BCUT2D eigenvalue weighted by atomic mass is 9.95. The average molecular weight is 481 g/mol. The van der Waals surface area contributed by atoms with Crippen LogP contribution in [0.2, 0.25) is 0 Å². The Morgan fingerprint density at radius 2 is 1.38 bits per heavy atom. The zero-order valence-electron chi connectivity index (χ0n) is 19.4. The molecule has 2 rings (SSSR count). The molecule has 186 valence electrons. The zero-order chi connectivity index (χ0) is 25.4. The second-order valence-corrected chi connectivity index (χ2v) is 7.33. The second kappa shape index (κ2) is 12.0. The monoisotopic (exact) mass is 481 g/mol. The molecule has 0 bridgehead atoms. The molecule has 1 saturated heterocycles. The Morgan fingerprint density at radius 3 is 1.88 bits per heavy atom. The molecule has 0 saturated carbocycles. The Bertz CT molecular complexity index is 914. The van der Waals surface area contributed by atoms with E-state index in [0.717, 1.165) is 27.7 Å². The number of rotatable bonds is 8. The summed E-state index contributed by atoms with van der Waals surface area (Å²) in [6, 6.07) is 4.84. The van der Waals surface area contributed by atoms with Gasteiger partial charge in [-0.2, -0.15) is 0 Å². The first-order valence-electron chi connectivity index (χ1n) is 10.3. The summed E-state index contributed by atoms with van der Waals surface area (Å²) in [5, 5.41) is 2.61. The quantitative estimate of drug-likeness (QED) is 0.408. The molecular weight excluding hydrogens is 454 g/mol. The van der Waals surface area contributed by atoms with Gasteiger partial charge in [0.05, 0.1) is 7.11 Å². The molecule has 12 nitrogen and oxygen atoms in total. The highest BCUT2D eigenvalue weighted by atomic mass is 16.7. The minimum Gasteiger partial charge on any atom is -0.497 e. The maximum Gasteiger partial charge on any atom is 0.305 e. The number of ether oxygens (including phenoxy) is 6. The van der Waals surface area contributed by atoms with Gasteiger partial charge in [-0.1, -0.05) is 0 Å². The van der Waals surface area contributed by atoms with Crippen LogP contribution in [0, 0.1) is 0 Å². The molecule has 1 N–H and O–H groups in total. The number of carbonyl (C=O) groups excluding carboxylic acids is 5. The molecule has 12 heteroatoms. The van der Waals surface area contributed by atoms with Gasteiger partial charge in [0, 0.05) is 33.3 Å². The lowest BCUT2D eigenvalue weighted by Gasteiger charge is -2.44. The Balaban J connectivity index is 2.43. The summed E-state index contributed by atoms with van der Waals surface area (Å²) in [6.07, 6.45) is -5.27. The number of hydrogen-bond acceptors (Lipinski definition) is 11. The van der Waals surface area contributed by atoms with Crippen LogP contribution in [0.15, 0.2) is 24.3 Å². The largest absolute Gasteiger partial charge is 0.497 e. The summed E-state index contributed by atoms with van der Waals surface area (Å²) >= 11 is 0. The molecule has 1 fully saturated rings. The third-order valence-electron chi connectivity index (χ3n) is 4.63. The summed E-state index contributed by atoms with van der Waals surface area (Å²) in [4.78, 5) is 59.7. The number of nitrogens with one attached hydrogen (secondary N) is 1. The van der Waals surface area contributed by atoms with Crippen molar-refractivity contribution in [1.29, 1.82) is 0 Å². The summed E-state index contributed by atoms with van der Waals surface area (Å²) in [5.41, 5.74) is 0.218. The summed E-state index contributed by atoms with van der Waals surface area (Å²) in [5.74, 6) is -3.01. The van der Waals surface area contributed by atoms with Crippen molar-refractivity contribution in [2.24, 2.45) is 0 Å². The van der Waals surface area contributed by atoms with Gasteiger partial charge in [0.15, 0.2) is 12.2 Å². The van der Waals surface area contributed by atoms with E-state index in [0.29, 0.717) is 5.75 Å². The predicted molar refractivity (Wildman–Crippen MR) is 112 cm³/mol. The van der Waals surface area contributed by atoms with Crippen LogP contribution in [0.3, 0.4) is 0 Å². The molecular formula is C22H27NO11. The molecule has 0 spiro atoms. The highest BCUT2D eigenvalue weighted by Gasteiger charge is 2.52. The lowest BCUT2D eigenvalue weighted by molar-refractivity contribution is -0.270. The number of methoxy groups -OCH3 is 1. The van der Waals surface area contributed by atoms with Crippen LogP contribution < -0.4 is 10.1 Å². The van der Waals surface area contributed by atoms with Gasteiger partial charge in [0.25, 0.3) is 5.91 Å². The van der Waals surface area contributed by atoms with E-state index >= 15 is 0 Å². The number of hydrogen-bond donors (Lipinski definition) is 1. The van der Waals surface area contributed by atoms with Gasteiger partial charge in [-0.15, -0.1) is 0 Å². The predicted octanol–water partition coefficient (Wildman–Crippen LogP) is 0.508. The van der Waals surface area contributed by atoms with Crippen molar-refractivity contribution in [2.45, 2.75) is 58.3 Å². The van der Waals surface area contributed by atoms with Crippen LogP contribution in [0.4, 0.5) is 0 Å². The molecule has 1 aromatic carbocycles. The molecule has 0 radical (unpaired) electrons. The van der Waals surface area contributed by atoms with Crippen molar-refractivity contribution < 1.29 is 52.4 Å². The van der Waals surface area contributed by atoms with Crippen molar-refractivity contribution >= 4 is 29.8 Å². The molecule has 0 aromatic heterocycles. The Kier molecular flexibility index (Phi) is 9.36. The molecule has 1 aromatic rings. The van der Waals surface area contributed by atoms with Crippen LogP contribution in [0.5, 0.6) is 5.75 Å². The first-order chi connectivity index (χ1) is 16.0. The van der Waals surface area contributed by atoms with Crippen LogP contribution in [-0.4, -0.2) is 74.1 Å². The van der Waals surface area contributed by atoms with Gasteiger partial charge in [-0.3, -0.25) is 24.0 Å². The minimum absolute atomic E-state index is 0.218. The minimum atomic E-state index is -1.46. The Hall–Kier alpha value is -3.67. The van der Waals surface area contributed by atoms with Crippen molar-refractivity contribution in [1.82, 2.24) is 5.32 Å². The van der Waals surface area contributed by atoms with Crippen molar-refractivity contribution in [3.05, 3.63) is 29.8 Å². The van der Waals surface area contributed by atoms with E-state index in [2.05, 4.69) is 5.32 Å². The van der Waals surface area contributed by atoms with E-state index in [1.165, 1.54) is 19.2 Å². The summed E-state index contributed by atoms with van der Waals surface area (Å²) in [6.45, 7) is 4.11. The highest BCUT2D eigenvalue weighted by molar-refractivity contribution is 5.94. The van der Waals surface area contributed by atoms with Gasteiger partial charge in [0.1, 0.15) is 24.5 Å². The maximum absolute atomic E-state index is 12.9. The standard InChI is InChI=1S/C22H27NO11/c1-11(24)30-10-17-19(31-12(2)25)20(32-13(3)26)18(22(34-17)33-14(4)27)23-21(28)15-6-8-16(29-5)9-7-15/h6-9,17-20,22H,10H2,1-5H3,(H,23,28). The van der Waals surface area contributed by atoms with Gasteiger partial charge in [-0.25, -0.2) is 0 Å². The maximum atomic E-state index is 12.9. The normalized spacial score (nSPS) is 23.7. The van der Waals surface area contributed by atoms with Gasteiger partial charge in [0.2, 0.25) is 6.29 Å². The smallest absolute Gasteiger partial charge is 0.305 e. The molecule has 0 aliphatic carbocycles. The van der Waals surface area contributed by atoms with Crippen LogP contribution in [0.1, 0.15) is 38.1 Å². The average Bonchev–Trinajstić information content (AvgIpc) is 2.75. The van der Waals surface area contributed by atoms with E-state index in [4.69, 9.17) is 28.4 Å². The molecule has 5 atom stereocenters. The Morgan fingerprint density at radius 1 is 0.824 bits per heavy atom. The van der Waals surface area contributed by atoms with E-state index in [1.807, 2.05) is 0 Å². The summed E-state index contributed by atoms with van der Waals surface area (Å²) in [7, 11) is 1.48. The number of carbonyl (C=O) groups is 5. The van der Waals surface area contributed by atoms with E-state index in [-0.39, 0.29) is 5.56 Å². The van der Waals surface area contributed by atoms with Crippen LogP contribution in [-0.2, 0) is 42.9 Å². The molecule has 1 amide bonds.